The summed E-state index contributed by atoms with van der Waals surface area (Å²) >= 11 is 3.35. The third-order valence-corrected chi connectivity index (χ3v) is 3.11. The molecule has 0 spiro atoms. The van der Waals surface area contributed by atoms with E-state index in [1.807, 2.05) is 24.3 Å². The molecule has 0 aliphatic carbocycles. The van der Waals surface area contributed by atoms with Crippen LogP contribution in [0.5, 0.6) is 5.75 Å². The number of hydrogen-bond acceptors (Lipinski definition) is 3. The van der Waals surface area contributed by atoms with Gasteiger partial charge in [0, 0.05) is 30.0 Å². The summed E-state index contributed by atoms with van der Waals surface area (Å²) in [5.41, 5.74) is 0. The zero-order valence-electron chi connectivity index (χ0n) is 9.41. The summed E-state index contributed by atoms with van der Waals surface area (Å²) in [6, 6.07) is 7.45. The van der Waals surface area contributed by atoms with Crippen LogP contribution in [0.3, 0.4) is 0 Å². The number of benzene rings is 1. The van der Waals surface area contributed by atoms with Crippen LogP contribution in [-0.2, 0) is 4.79 Å². The van der Waals surface area contributed by atoms with E-state index >= 15 is 0 Å². The highest BCUT2D eigenvalue weighted by atomic mass is 79.9. The van der Waals surface area contributed by atoms with Crippen LogP contribution in [0.2, 0.25) is 0 Å². The minimum absolute atomic E-state index is 0.0661. The van der Waals surface area contributed by atoms with E-state index in [1.54, 1.807) is 0 Å². The lowest BCUT2D eigenvalue weighted by molar-refractivity contribution is -0.123. The van der Waals surface area contributed by atoms with Crippen LogP contribution in [0.1, 0.15) is 0 Å². The molecule has 0 bridgehead atoms. The maximum Gasteiger partial charge on any atom is 0.257 e. The van der Waals surface area contributed by atoms with Gasteiger partial charge in [-0.3, -0.25) is 4.79 Å². The average Bonchev–Trinajstić information content (AvgIpc) is 2.24. The summed E-state index contributed by atoms with van der Waals surface area (Å²) in [5, 5.41) is 6.02. The molecule has 1 amide bonds. The molecule has 1 saturated heterocycles. The third kappa shape index (κ3) is 4.02. The van der Waals surface area contributed by atoms with Crippen molar-refractivity contribution in [1.29, 1.82) is 0 Å². The minimum Gasteiger partial charge on any atom is -0.484 e. The first-order chi connectivity index (χ1) is 8.24. The van der Waals surface area contributed by atoms with Gasteiger partial charge >= 0.3 is 0 Å². The molecule has 2 N–H and O–H groups in total. The molecule has 0 atom stereocenters. The second-order valence-corrected chi connectivity index (χ2v) is 4.99. The molecule has 0 aromatic heterocycles. The molecule has 1 aromatic rings. The Morgan fingerprint density at radius 1 is 1.53 bits per heavy atom. The predicted molar refractivity (Wildman–Crippen MR) is 69.0 cm³/mol. The van der Waals surface area contributed by atoms with Crippen molar-refractivity contribution in [2.45, 2.75) is 0 Å². The van der Waals surface area contributed by atoms with E-state index in [0.29, 0.717) is 11.7 Å². The van der Waals surface area contributed by atoms with Crippen LogP contribution < -0.4 is 15.4 Å². The zero-order chi connectivity index (χ0) is 12.1. The predicted octanol–water partition coefficient (Wildman–Crippen LogP) is 1.16. The van der Waals surface area contributed by atoms with Crippen LogP contribution in [0, 0.1) is 5.92 Å². The van der Waals surface area contributed by atoms with Crippen LogP contribution in [0.15, 0.2) is 28.7 Å². The fourth-order valence-electron chi connectivity index (χ4n) is 1.51. The van der Waals surface area contributed by atoms with Crippen molar-refractivity contribution in [3.63, 3.8) is 0 Å². The van der Waals surface area contributed by atoms with E-state index in [9.17, 15) is 4.79 Å². The molecule has 2 rings (SSSR count). The summed E-state index contributed by atoms with van der Waals surface area (Å²) in [7, 11) is 0. The first-order valence-electron chi connectivity index (χ1n) is 5.60. The number of rotatable bonds is 5. The number of carbonyl (C=O) groups excluding carboxylic acids is 1. The summed E-state index contributed by atoms with van der Waals surface area (Å²) in [6.07, 6.45) is 0. The van der Waals surface area contributed by atoms with E-state index in [4.69, 9.17) is 4.74 Å². The Morgan fingerprint density at radius 2 is 2.35 bits per heavy atom. The van der Waals surface area contributed by atoms with Gasteiger partial charge in [-0.2, -0.15) is 0 Å². The van der Waals surface area contributed by atoms with E-state index in [1.165, 1.54) is 0 Å². The van der Waals surface area contributed by atoms with E-state index in [-0.39, 0.29) is 12.5 Å². The normalized spacial score (nSPS) is 15.1. The molecule has 1 aliphatic rings. The molecule has 5 heteroatoms. The number of hydrogen-bond donors (Lipinski definition) is 2. The van der Waals surface area contributed by atoms with Gasteiger partial charge in [-0.15, -0.1) is 0 Å². The lowest BCUT2D eigenvalue weighted by Crippen LogP contribution is -2.48. The molecular formula is C12H15BrN2O2. The maximum absolute atomic E-state index is 11.5. The number of halogens is 1. The largest absolute Gasteiger partial charge is 0.484 e. The molecule has 1 aromatic carbocycles. The topological polar surface area (TPSA) is 50.4 Å². The highest BCUT2D eigenvalue weighted by Gasteiger charge is 2.17. The quantitative estimate of drug-likeness (QED) is 0.858. The second kappa shape index (κ2) is 6.02. The summed E-state index contributed by atoms with van der Waals surface area (Å²) in [5.74, 6) is 1.20. The molecule has 1 heterocycles. The smallest absolute Gasteiger partial charge is 0.257 e. The Labute approximate surface area is 109 Å². The number of amides is 1. The van der Waals surface area contributed by atoms with Crippen LogP contribution in [-0.4, -0.2) is 32.1 Å². The Bertz CT molecular complexity index is 394. The summed E-state index contributed by atoms with van der Waals surface area (Å²) in [6.45, 7) is 2.78. The first kappa shape index (κ1) is 12.4. The lowest BCUT2D eigenvalue weighted by Gasteiger charge is -2.27. The van der Waals surface area contributed by atoms with Crippen molar-refractivity contribution < 1.29 is 9.53 Å². The van der Waals surface area contributed by atoms with Crippen molar-refractivity contribution in [3.8, 4) is 5.75 Å². The number of carbonyl (C=O) groups is 1. The Hall–Kier alpha value is -1.07. The van der Waals surface area contributed by atoms with Gasteiger partial charge in [-0.1, -0.05) is 22.0 Å². The van der Waals surface area contributed by atoms with Crippen molar-refractivity contribution in [3.05, 3.63) is 28.7 Å². The van der Waals surface area contributed by atoms with E-state index in [2.05, 4.69) is 26.6 Å². The van der Waals surface area contributed by atoms with Crippen LogP contribution in [0.4, 0.5) is 0 Å². The van der Waals surface area contributed by atoms with Crippen molar-refractivity contribution in [1.82, 2.24) is 10.6 Å². The van der Waals surface area contributed by atoms with Gasteiger partial charge in [-0.05, 0) is 18.2 Å². The minimum atomic E-state index is -0.0723. The number of ether oxygens (including phenoxy) is 1. The monoisotopic (exact) mass is 298 g/mol. The highest BCUT2D eigenvalue weighted by molar-refractivity contribution is 9.10. The average molecular weight is 299 g/mol. The van der Waals surface area contributed by atoms with Gasteiger partial charge in [0.25, 0.3) is 5.91 Å². The summed E-state index contributed by atoms with van der Waals surface area (Å²) < 4.78 is 6.32. The summed E-state index contributed by atoms with van der Waals surface area (Å²) in [4.78, 5) is 11.5. The first-order valence-corrected chi connectivity index (χ1v) is 6.39. The fourth-order valence-corrected chi connectivity index (χ4v) is 1.89. The lowest BCUT2D eigenvalue weighted by atomic mass is 10.0. The van der Waals surface area contributed by atoms with Crippen molar-refractivity contribution >= 4 is 21.8 Å². The Balaban J connectivity index is 1.68. The van der Waals surface area contributed by atoms with Crippen molar-refractivity contribution in [2.24, 2.45) is 5.92 Å². The second-order valence-electron chi connectivity index (χ2n) is 4.07. The Kier molecular flexibility index (Phi) is 4.39. The van der Waals surface area contributed by atoms with Crippen molar-refractivity contribution in [2.75, 3.05) is 26.2 Å². The standard InChI is InChI=1S/C12H15BrN2O2/c13-10-2-1-3-11(4-10)17-8-12(16)15-7-9-5-14-6-9/h1-4,9,14H,5-8H2,(H,15,16). The van der Waals surface area contributed by atoms with Gasteiger partial charge in [-0.25, -0.2) is 0 Å². The van der Waals surface area contributed by atoms with Crippen LogP contribution >= 0.6 is 15.9 Å². The molecule has 0 saturated carbocycles. The SMILES string of the molecule is O=C(COc1cccc(Br)c1)NCC1CNC1. The highest BCUT2D eigenvalue weighted by Crippen LogP contribution is 2.17. The van der Waals surface area contributed by atoms with E-state index in [0.717, 1.165) is 24.1 Å². The molecule has 1 fully saturated rings. The Morgan fingerprint density at radius 3 is 3.00 bits per heavy atom. The van der Waals surface area contributed by atoms with Crippen LogP contribution in [0.25, 0.3) is 0 Å². The van der Waals surface area contributed by atoms with Gasteiger partial charge in [0.2, 0.25) is 0 Å². The molecular weight excluding hydrogens is 284 g/mol. The molecule has 0 unspecified atom stereocenters. The fraction of sp³-hybridized carbons (Fsp3) is 0.417. The number of nitrogens with one attached hydrogen (secondary N) is 2. The molecule has 4 nitrogen and oxygen atoms in total. The molecule has 0 radical (unpaired) electrons. The molecule has 92 valence electrons. The maximum atomic E-state index is 11.5. The molecule has 17 heavy (non-hydrogen) atoms. The van der Waals surface area contributed by atoms with Gasteiger partial charge < -0.3 is 15.4 Å². The zero-order valence-corrected chi connectivity index (χ0v) is 11.0. The molecule has 1 aliphatic heterocycles. The van der Waals surface area contributed by atoms with Gasteiger partial charge in [0.05, 0.1) is 0 Å². The third-order valence-electron chi connectivity index (χ3n) is 2.62. The van der Waals surface area contributed by atoms with Gasteiger partial charge in [0.15, 0.2) is 6.61 Å². The van der Waals surface area contributed by atoms with E-state index < -0.39 is 0 Å². The van der Waals surface area contributed by atoms with Gasteiger partial charge in [0.1, 0.15) is 5.75 Å².